The van der Waals surface area contributed by atoms with E-state index in [-0.39, 0.29) is 35.1 Å². The van der Waals surface area contributed by atoms with Gasteiger partial charge in [0.1, 0.15) is 27.9 Å². The van der Waals surface area contributed by atoms with Crippen molar-refractivity contribution in [3.63, 3.8) is 0 Å². The van der Waals surface area contributed by atoms with Crippen LogP contribution in [0.25, 0.3) is 0 Å². The standard InChI is InChI=1S/C33H29NO9S/c1-22-3-17-30(18-4-22)44(38,39)43-29-9-5-23(6-10-29)31(35)21-41-33(37)24-19-32(36)34(20-24)25-7-11-27(12-8-25)42-28-15-13-26(40-2)14-16-28/h3-18,24H,19-21H2,1-2H3. The predicted molar refractivity (Wildman–Crippen MR) is 161 cm³/mol. The number of aryl methyl sites for hydroxylation is 1. The minimum Gasteiger partial charge on any atom is -0.497 e. The Bertz CT molecular complexity index is 1750. The second-order valence-corrected chi connectivity index (χ2v) is 11.6. The lowest BCUT2D eigenvalue weighted by Crippen LogP contribution is -2.27. The Kier molecular flexibility index (Phi) is 8.96. The molecule has 4 aromatic carbocycles. The van der Waals surface area contributed by atoms with Crippen LogP contribution in [0.3, 0.4) is 0 Å². The van der Waals surface area contributed by atoms with E-state index in [1.54, 1.807) is 67.8 Å². The molecule has 0 aliphatic carbocycles. The molecule has 0 N–H and O–H groups in total. The van der Waals surface area contributed by atoms with Gasteiger partial charge in [0.25, 0.3) is 0 Å². The van der Waals surface area contributed by atoms with E-state index in [0.717, 1.165) is 5.56 Å². The first-order valence-corrected chi connectivity index (χ1v) is 15.1. The number of anilines is 1. The van der Waals surface area contributed by atoms with Crippen molar-refractivity contribution in [3.8, 4) is 23.0 Å². The van der Waals surface area contributed by atoms with Crippen molar-refractivity contribution >= 4 is 33.5 Å². The molecule has 1 unspecified atom stereocenters. The number of carbonyl (C=O) groups excluding carboxylic acids is 3. The minimum absolute atomic E-state index is 0.00915. The van der Waals surface area contributed by atoms with Gasteiger partial charge in [0.15, 0.2) is 12.4 Å². The number of hydrogen-bond acceptors (Lipinski definition) is 9. The molecule has 0 aromatic heterocycles. The highest BCUT2D eigenvalue weighted by Crippen LogP contribution is 2.30. The van der Waals surface area contributed by atoms with Gasteiger partial charge in [0.05, 0.1) is 13.0 Å². The van der Waals surface area contributed by atoms with E-state index in [1.165, 1.54) is 41.3 Å². The fourth-order valence-corrected chi connectivity index (χ4v) is 5.43. The first-order valence-electron chi connectivity index (χ1n) is 13.6. The molecule has 5 rings (SSSR count). The van der Waals surface area contributed by atoms with Crippen molar-refractivity contribution in [2.24, 2.45) is 5.92 Å². The first kappa shape index (κ1) is 30.3. The largest absolute Gasteiger partial charge is 0.497 e. The topological polar surface area (TPSA) is 126 Å². The van der Waals surface area contributed by atoms with Gasteiger partial charge >= 0.3 is 16.1 Å². The van der Waals surface area contributed by atoms with Gasteiger partial charge in [-0.2, -0.15) is 8.42 Å². The number of amides is 1. The van der Waals surface area contributed by atoms with E-state index in [1.807, 2.05) is 6.92 Å². The second-order valence-electron chi connectivity index (χ2n) is 10.1. The average molecular weight is 616 g/mol. The molecule has 1 amide bonds. The lowest BCUT2D eigenvalue weighted by Gasteiger charge is -2.17. The molecule has 10 nitrogen and oxygen atoms in total. The van der Waals surface area contributed by atoms with Crippen LogP contribution in [-0.2, 0) is 24.4 Å². The van der Waals surface area contributed by atoms with Gasteiger partial charge in [-0.25, -0.2) is 0 Å². The van der Waals surface area contributed by atoms with Crippen molar-refractivity contribution < 1.29 is 41.2 Å². The van der Waals surface area contributed by atoms with Crippen LogP contribution in [0.1, 0.15) is 22.3 Å². The van der Waals surface area contributed by atoms with Crippen molar-refractivity contribution in [3.05, 3.63) is 108 Å². The molecule has 44 heavy (non-hydrogen) atoms. The third kappa shape index (κ3) is 7.24. The van der Waals surface area contributed by atoms with Crippen LogP contribution in [0.2, 0.25) is 0 Å². The number of Topliss-reactive ketones (excluding diaryl/α,β-unsaturated/α-hetero) is 1. The normalized spacial score (nSPS) is 14.6. The highest BCUT2D eigenvalue weighted by atomic mass is 32.2. The Morgan fingerprint density at radius 2 is 1.36 bits per heavy atom. The molecule has 0 saturated carbocycles. The van der Waals surface area contributed by atoms with Crippen LogP contribution in [-0.4, -0.2) is 46.3 Å². The van der Waals surface area contributed by atoms with Gasteiger partial charge in [0, 0.05) is 24.2 Å². The molecule has 1 aliphatic rings. The number of methoxy groups -OCH3 is 1. The van der Waals surface area contributed by atoms with Gasteiger partial charge in [-0.15, -0.1) is 0 Å². The molecular weight excluding hydrogens is 586 g/mol. The Hall–Kier alpha value is -5.16. The summed E-state index contributed by atoms with van der Waals surface area (Å²) in [7, 11) is -2.45. The van der Waals surface area contributed by atoms with Crippen LogP contribution in [0.4, 0.5) is 5.69 Å². The monoisotopic (exact) mass is 615 g/mol. The summed E-state index contributed by atoms with van der Waals surface area (Å²) in [5.74, 6) is -0.157. The quantitative estimate of drug-likeness (QED) is 0.125. The first-order chi connectivity index (χ1) is 21.1. The van der Waals surface area contributed by atoms with E-state index in [0.29, 0.717) is 22.9 Å². The molecule has 4 aromatic rings. The minimum atomic E-state index is -4.04. The van der Waals surface area contributed by atoms with Gasteiger partial charge < -0.3 is 23.3 Å². The third-order valence-corrected chi connectivity index (χ3v) is 8.20. The summed E-state index contributed by atoms with van der Waals surface area (Å²) in [6.07, 6.45) is -0.0430. The maximum absolute atomic E-state index is 12.7. The molecule has 1 aliphatic heterocycles. The summed E-state index contributed by atoms with van der Waals surface area (Å²) < 4.78 is 46.3. The number of carbonyl (C=O) groups is 3. The lowest BCUT2D eigenvalue weighted by molar-refractivity contribution is -0.147. The van der Waals surface area contributed by atoms with Gasteiger partial charge in [-0.3, -0.25) is 14.4 Å². The van der Waals surface area contributed by atoms with E-state index < -0.39 is 34.4 Å². The molecule has 11 heteroatoms. The van der Waals surface area contributed by atoms with E-state index >= 15 is 0 Å². The summed E-state index contributed by atoms with van der Waals surface area (Å²) in [5.41, 5.74) is 1.72. The third-order valence-electron chi connectivity index (χ3n) is 6.94. The highest BCUT2D eigenvalue weighted by molar-refractivity contribution is 7.87. The second kappa shape index (κ2) is 13.0. The van der Waals surface area contributed by atoms with Crippen LogP contribution >= 0.6 is 0 Å². The van der Waals surface area contributed by atoms with Crippen LogP contribution in [0, 0.1) is 12.8 Å². The Labute approximate surface area is 254 Å². The van der Waals surface area contributed by atoms with Crippen molar-refractivity contribution in [2.75, 3.05) is 25.2 Å². The number of benzene rings is 4. The average Bonchev–Trinajstić information content (AvgIpc) is 3.42. The fraction of sp³-hybridized carbons (Fsp3) is 0.182. The van der Waals surface area contributed by atoms with Crippen molar-refractivity contribution in [1.29, 1.82) is 0 Å². The smallest absolute Gasteiger partial charge is 0.339 e. The summed E-state index contributed by atoms with van der Waals surface area (Å²) in [4.78, 5) is 39.5. The maximum Gasteiger partial charge on any atom is 0.339 e. The number of nitrogens with zero attached hydrogens (tertiary/aromatic N) is 1. The van der Waals surface area contributed by atoms with E-state index in [2.05, 4.69) is 0 Å². The summed E-state index contributed by atoms with van der Waals surface area (Å²) >= 11 is 0. The van der Waals surface area contributed by atoms with E-state index in [4.69, 9.17) is 18.4 Å². The molecular formula is C33H29NO9S. The molecule has 1 saturated heterocycles. The molecule has 1 fully saturated rings. The molecule has 226 valence electrons. The number of rotatable bonds is 11. The van der Waals surface area contributed by atoms with Gasteiger partial charge in [0.2, 0.25) is 5.91 Å². The van der Waals surface area contributed by atoms with Crippen LogP contribution in [0.15, 0.2) is 102 Å². The van der Waals surface area contributed by atoms with Crippen LogP contribution < -0.4 is 18.6 Å². The van der Waals surface area contributed by atoms with Crippen molar-refractivity contribution in [1.82, 2.24) is 0 Å². The number of ether oxygens (including phenoxy) is 3. The molecule has 0 spiro atoms. The highest BCUT2D eigenvalue weighted by Gasteiger charge is 2.36. The lowest BCUT2D eigenvalue weighted by atomic mass is 10.1. The summed E-state index contributed by atoms with van der Waals surface area (Å²) in [6, 6.07) is 25.7. The Morgan fingerprint density at radius 1 is 0.795 bits per heavy atom. The maximum atomic E-state index is 12.7. The van der Waals surface area contributed by atoms with Gasteiger partial charge in [-0.1, -0.05) is 17.7 Å². The molecule has 1 heterocycles. The van der Waals surface area contributed by atoms with E-state index in [9.17, 15) is 22.8 Å². The zero-order valence-electron chi connectivity index (χ0n) is 24.0. The summed E-state index contributed by atoms with van der Waals surface area (Å²) in [5, 5.41) is 0. The Balaban J connectivity index is 1.11. The molecule has 0 bridgehead atoms. The Morgan fingerprint density at radius 3 is 1.98 bits per heavy atom. The number of esters is 1. The zero-order valence-corrected chi connectivity index (χ0v) is 24.8. The van der Waals surface area contributed by atoms with Gasteiger partial charge in [-0.05, 0) is 91.9 Å². The number of ketones is 1. The number of hydrogen-bond donors (Lipinski definition) is 0. The predicted octanol–water partition coefficient (Wildman–Crippen LogP) is 5.34. The SMILES string of the molecule is COc1ccc(Oc2ccc(N3CC(C(=O)OCC(=O)c4ccc(OS(=O)(=O)c5ccc(C)cc5)cc4)CC3=O)cc2)cc1. The summed E-state index contributed by atoms with van der Waals surface area (Å²) in [6.45, 7) is 1.43. The molecule has 0 radical (unpaired) electrons. The fourth-order valence-electron chi connectivity index (χ4n) is 4.50. The van der Waals surface area contributed by atoms with Crippen LogP contribution in [0.5, 0.6) is 23.0 Å². The van der Waals surface area contributed by atoms with Crippen molar-refractivity contribution in [2.45, 2.75) is 18.2 Å². The molecule has 1 atom stereocenters. The zero-order chi connectivity index (χ0) is 31.3.